The number of sulfonamides is 1. The van der Waals surface area contributed by atoms with E-state index in [1.54, 1.807) is 18.3 Å². The molecule has 136 valence electrons. The highest BCUT2D eigenvalue weighted by molar-refractivity contribution is 7.89. The van der Waals surface area contributed by atoms with Crippen molar-refractivity contribution in [1.82, 2.24) is 9.71 Å². The van der Waals surface area contributed by atoms with E-state index in [9.17, 15) is 13.2 Å². The minimum atomic E-state index is -3.85. The molecule has 7 heteroatoms. The van der Waals surface area contributed by atoms with Crippen molar-refractivity contribution < 1.29 is 17.9 Å². The van der Waals surface area contributed by atoms with Gasteiger partial charge in [0.15, 0.2) is 0 Å². The Bertz CT molecular complexity index is 1020. The van der Waals surface area contributed by atoms with Gasteiger partial charge in [-0.2, -0.15) is 4.72 Å². The van der Waals surface area contributed by atoms with Crippen LogP contribution < -0.4 is 4.72 Å². The van der Waals surface area contributed by atoms with E-state index in [2.05, 4.69) is 9.71 Å². The lowest BCUT2D eigenvalue weighted by Gasteiger charge is -2.16. The van der Waals surface area contributed by atoms with Gasteiger partial charge in [-0.25, -0.2) is 8.42 Å². The number of carbonyl (C=O) groups is 1. The van der Waals surface area contributed by atoms with E-state index in [1.807, 2.05) is 31.2 Å². The number of carbonyl (C=O) groups excluding carboxylic acids is 1. The second-order valence-corrected chi connectivity index (χ2v) is 7.79. The first kappa shape index (κ1) is 18.2. The van der Waals surface area contributed by atoms with Gasteiger partial charge in [-0.3, -0.25) is 4.79 Å². The van der Waals surface area contributed by atoms with Crippen LogP contribution in [0.15, 0.2) is 59.6 Å². The molecule has 6 nitrogen and oxygen atoms in total. The Kier molecular flexibility index (Phi) is 5.11. The molecule has 0 aliphatic carbocycles. The number of ether oxygens (including phenoxy) is 1. The lowest BCUT2D eigenvalue weighted by atomic mass is 10.1. The number of aryl methyl sites for hydroxylation is 1. The van der Waals surface area contributed by atoms with E-state index in [1.165, 1.54) is 19.2 Å². The molecule has 2 aromatic carbocycles. The van der Waals surface area contributed by atoms with Crippen LogP contribution in [-0.2, 0) is 26.0 Å². The average molecular weight is 372 g/mol. The number of H-pyrrole nitrogens is 1. The minimum absolute atomic E-state index is 0.107. The van der Waals surface area contributed by atoms with Gasteiger partial charge in [-0.05, 0) is 30.7 Å². The highest BCUT2D eigenvalue weighted by atomic mass is 32.2. The summed E-state index contributed by atoms with van der Waals surface area (Å²) in [5.41, 5.74) is 2.71. The van der Waals surface area contributed by atoms with Crippen LogP contribution in [0.3, 0.4) is 0 Å². The van der Waals surface area contributed by atoms with Crippen molar-refractivity contribution >= 4 is 26.9 Å². The van der Waals surface area contributed by atoms with Crippen molar-refractivity contribution in [3.8, 4) is 0 Å². The van der Waals surface area contributed by atoms with Gasteiger partial charge < -0.3 is 9.72 Å². The average Bonchev–Trinajstić information content (AvgIpc) is 3.04. The summed E-state index contributed by atoms with van der Waals surface area (Å²) in [4.78, 5) is 15.4. The molecule has 0 aliphatic rings. The van der Waals surface area contributed by atoms with Crippen molar-refractivity contribution in [2.75, 3.05) is 7.11 Å². The summed E-state index contributed by atoms with van der Waals surface area (Å²) in [6.07, 6.45) is 1.96. The van der Waals surface area contributed by atoms with Crippen LogP contribution in [0.2, 0.25) is 0 Å². The zero-order chi connectivity index (χ0) is 18.7. The van der Waals surface area contributed by atoms with Crippen LogP contribution in [0.4, 0.5) is 0 Å². The van der Waals surface area contributed by atoms with Crippen molar-refractivity contribution in [2.24, 2.45) is 0 Å². The molecule has 1 atom stereocenters. The number of fused-ring (bicyclic) bond motifs is 1. The molecular formula is C19H20N2O4S. The third-order valence-corrected chi connectivity index (χ3v) is 5.70. The molecule has 0 aliphatic heterocycles. The fourth-order valence-corrected chi connectivity index (χ4v) is 3.99. The van der Waals surface area contributed by atoms with Gasteiger partial charge in [-0.15, -0.1) is 0 Å². The molecule has 0 saturated carbocycles. The summed E-state index contributed by atoms with van der Waals surface area (Å²) in [5.74, 6) is -0.633. The van der Waals surface area contributed by atoms with Gasteiger partial charge in [0.25, 0.3) is 0 Å². The number of hydrogen-bond acceptors (Lipinski definition) is 4. The zero-order valence-corrected chi connectivity index (χ0v) is 15.3. The highest BCUT2D eigenvalue weighted by Crippen LogP contribution is 2.20. The molecule has 26 heavy (non-hydrogen) atoms. The number of hydrogen-bond donors (Lipinski definition) is 2. The van der Waals surface area contributed by atoms with Crippen LogP contribution in [0.25, 0.3) is 10.9 Å². The molecule has 0 fully saturated rings. The Morgan fingerprint density at radius 3 is 2.54 bits per heavy atom. The first-order valence-corrected chi connectivity index (χ1v) is 9.61. The Hall–Kier alpha value is -2.64. The fourth-order valence-electron chi connectivity index (χ4n) is 2.81. The van der Waals surface area contributed by atoms with E-state index in [0.29, 0.717) is 0 Å². The number of benzene rings is 2. The predicted octanol–water partition coefficient (Wildman–Crippen LogP) is 2.54. The van der Waals surface area contributed by atoms with Crippen molar-refractivity contribution in [1.29, 1.82) is 0 Å². The first-order chi connectivity index (χ1) is 12.4. The minimum Gasteiger partial charge on any atom is -0.468 e. The van der Waals surface area contributed by atoms with Crippen molar-refractivity contribution in [3.63, 3.8) is 0 Å². The SMILES string of the molecule is COC(=O)[C@@H](Cc1c[nH]c2ccccc12)NS(=O)(=O)c1ccc(C)cc1. The fraction of sp³-hybridized carbons (Fsp3) is 0.211. The van der Waals surface area contributed by atoms with E-state index >= 15 is 0 Å². The van der Waals surface area contributed by atoms with E-state index < -0.39 is 22.0 Å². The van der Waals surface area contributed by atoms with Crippen LogP contribution >= 0.6 is 0 Å². The normalized spacial score (nSPS) is 12.8. The number of esters is 1. The van der Waals surface area contributed by atoms with Gasteiger partial charge >= 0.3 is 5.97 Å². The van der Waals surface area contributed by atoms with Crippen LogP contribution in [0, 0.1) is 6.92 Å². The van der Waals surface area contributed by atoms with E-state index in [4.69, 9.17) is 4.74 Å². The predicted molar refractivity (Wildman–Crippen MR) is 99.3 cm³/mol. The lowest BCUT2D eigenvalue weighted by molar-refractivity contribution is -0.142. The number of para-hydroxylation sites is 1. The molecule has 1 heterocycles. The number of rotatable bonds is 6. The molecule has 0 amide bonds. The lowest BCUT2D eigenvalue weighted by Crippen LogP contribution is -2.42. The second kappa shape index (κ2) is 7.31. The second-order valence-electron chi connectivity index (χ2n) is 6.07. The maximum Gasteiger partial charge on any atom is 0.324 e. The largest absolute Gasteiger partial charge is 0.468 e. The quantitative estimate of drug-likeness (QED) is 0.651. The summed E-state index contributed by atoms with van der Waals surface area (Å²) < 4.78 is 32.5. The van der Waals surface area contributed by atoms with E-state index in [0.717, 1.165) is 22.0 Å². The summed E-state index contributed by atoms with van der Waals surface area (Å²) >= 11 is 0. The molecule has 0 saturated heterocycles. The molecule has 3 rings (SSSR count). The molecule has 3 aromatic rings. The molecular weight excluding hydrogens is 352 g/mol. The molecule has 0 spiro atoms. The highest BCUT2D eigenvalue weighted by Gasteiger charge is 2.27. The van der Waals surface area contributed by atoms with Crippen LogP contribution in [0.5, 0.6) is 0 Å². The maximum absolute atomic E-state index is 12.6. The number of aromatic nitrogens is 1. The number of nitrogens with one attached hydrogen (secondary N) is 2. The Balaban J connectivity index is 1.89. The first-order valence-electron chi connectivity index (χ1n) is 8.12. The monoisotopic (exact) mass is 372 g/mol. The molecule has 0 unspecified atom stereocenters. The number of aromatic amines is 1. The maximum atomic E-state index is 12.6. The van der Waals surface area contributed by atoms with Gasteiger partial charge in [0, 0.05) is 23.5 Å². The third-order valence-electron chi connectivity index (χ3n) is 4.21. The van der Waals surface area contributed by atoms with Gasteiger partial charge in [0.2, 0.25) is 10.0 Å². The Morgan fingerprint density at radius 1 is 1.15 bits per heavy atom. The zero-order valence-electron chi connectivity index (χ0n) is 14.5. The summed E-state index contributed by atoms with van der Waals surface area (Å²) in [6.45, 7) is 1.87. The molecule has 0 bridgehead atoms. The van der Waals surface area contributed by atoms with Crippen LogP contribution in [-0.4, -0.2) is 32.5 Å². The molecule has 1 aromatic heterocycles. The summed E-state index contributed by atoms with van der Waals surface area (Å²) in [5, 5.41) is 0.941. The third kappa shape index (κ3) is 3.79. The standard InChI is InChI=1S/C19H20N2O4S/c1-13-7-9-15(10-8-13)26(23,24)21-18(19(22)25-2)11-14-12-20-17-6-4-3-5-16(14)17/h3-10,12,18,20-21H,11H2,1-2H3/t18-/m1/s1. The smallest absolute Gasteiger partial charge is 0.324 e. The summed E-state index contributed by atoms with van der Waals surface area (Å²) in [7, 11) is -2.61. The topological polar surface area (TPSA) is 88.3 Å². The van der Waals surface area contributed by atoms with E-state index in [-0.39, 0.29) is 11.3 Å². The van der Waals surface area contributed by atoms with Gasteiger partial charge in [0.05, 0.1) is 12.0 Å². The molecule has 2 N–H and O–H groups in total. The van der Waals surface area contributed by atoms with Gasteiger partial charge in [0.1, 0.15) is 6.04 Å². The number of methoxy groups -OCH3 is 1. The van der Waals surface area contributed by atoms with Crippen LogP contribution in [0.1, 0.15) is 11.1 Å². The Labute approximate surface area is 152 Å². The van der Waals surface area contributed by atoms with Gasteiger partial charge in [-0.1, -0.05) is 35.9 Å². The molecule has 0 radical (unpaired) electrons. The van der Waals surface area contributed by atoms with Crippen molar-refractivity contribution in [3.05, 3.63) is 65.9 Å². The summed E-state index contributed by atoms with van der Waals surface area (Å²) in [6, 6.07) is 13.1. The van der Waals surface area contributed by atoms with Crippen molar-refractivity contribution in [2.45, 2.75) is 24.3 Å². The Morgan fingerprint density at radius 2 is 1.85 bits per heavy atom.